The van der Waals surface area contributed by atoms with Crippen LogP contribution in [0, 0.1) is 5.92 Å². The Morgan fingerprint density at radius 3 is 2.38 bits per heavy atom. The highest BCUT2D eigenvalue weighted by atomic mass is 32.2. The number of fused-ring (bicyclic) bond motifs is 1. The first-order valence-electron chi connectivity index (χ1n) is 13.4. The Kier molecular flexibility index (Phi) is 9.11. The Morgan fingerprint density at radius 2 is 1.75 bits per heavy atom. The summed E-state index contributed by atoms with van der Waals surface area (Å²) in [4.78, 5) is 34.2. The molecule has 1 aliphatic heterocycles. The molecule has 9 nitrogen and oxygen atoms in total. The van der Waals surface area contributed by atoms with Gasteiger partial charge in [-0.3, -0.25) is 9.59 Å². The van der Waals surface area contributed by atoms with Gasteiger partial charge in [-0.05, 0) is 63.3 Å². The summed E-state index contributed by atoms with van der Waals surface area (Å²) in [6, 6.07) is 11.0. The molecule has 1 aliphatic rings. The van der Waals surface area contributed by atoms with Gasteiger partial charge in [-0.15, -0.1) is 11.3 Å². The van der Waals surface area contributed by atoms with Crippen molar-refractivity contribution in [3.63, 3.8) is 0 Å². The number of benzene rings is 2. The zero-order valence-corrected chi connectivity index (χ0v) is 25.2. The highest BCUT2D eigenvalue weighted by Gasteiger charge is 2.30. The number of aliphatic hydroxyl groups excluding tert-OH is 1. The first kappa shape index (κ1) is 30.3. The van der Waals surface area contributed by atoms with Crippen molar-refractivity contribution in [3.05, 3.63) is 47.1 Å². The van der Waals surface area contributed by atoms with Crippen molar-refractivity contribution in [2.45, 2.75) is 63.5 Å². The maximum absolute atomic E-state index is 13.8. The highest BCUT2D eigenvalue weighted by molar-refractivity contribution is 7.83. The zero-order chi connectivity index (χ0) is 29.2. The standard InChI is InChI=1S/C29H38N4O5S2/c1-18-12-14-33(15-13-18)27(36)23-24(39-26(31-23)25(35)30-16-29(4,5)37)21-10-11-22(20-9-7-6-8-19(20)21)40(38)32-28(2,3)17-34/h6-11,18,32,34,37H,12-17H2,1-5H3,(H,30,35). The van der Waals surface area contributed by atoms with E-state index in [9.17, 15) is 24.0 Å². The summed E-state index contributed by atoms with van der Waals surface area (Å²) in [5, 5.41) is 24.1. The number of rotatable bonds is 9. The molecule has 0 spiro atoms. The second kappa shape index (κ2) is 12.0. The number of carbonyl (C=O) groups is 2. The molecule has 4 N–H and O–H groups in total. The number of aromatic nitrogens is 1. The summed E-state index contributed by atoms with van der Waals surface area (Å²) in [5.41, 5.74) is -0.921. The molecule has 2 heterocycles. The van der Waals surface area contributed by atoms with Gasteiger partial charge in [0, 0.05) is 30.7 Å². The van der Waals surface area contributed by atoms with Gasteiger partial charge >= 0.3 is 0 Å². The number of nitrogens with zero attached hydrogens (tertiary/aromatic N) is 2. The molecular weight excluding hydrogens is 548 g/mol. The van der Waals surface area contributed by atoms with Crippen molar-refractivity contribution in [1.82, 2.24) is 19.9 Å². The van der Waals surface area contributed by atoms with Crippen LogP contribution in [0.3, 0.4) is 0 Å². The van der Waals surface area contributed by atoms with E-state index in [0.29, 0.717) is 34.3 Å². The zero-order valence-electron chi connectivity index (χ0n) is 23.6. The van der Waals surface area contributed by atoms with E-state index in [-0.39, 0.29) is 29.8 Å². The summed E-state index contributed by atoms with van der Waals surface area (Å²) >= 11 is 1.13. The summed E-state index contributed by atoms with van der Waals surface area (Å²) in [6.07, 6.45) is 1.82. The molecule has 3 aromatic rings. The maximum atomic E-state index is 13.8. The fraction of sp³-hybridized carbons (Fsp3) is 0.483. The molecular formula is C29H38N4O5S2. The minimum atomic E-state index is -1.61. The van der Waals surface area contributed by atoms with Crippen LogP contribution in [0.25, 0.3) is 21.2 Å². The lowest BCUT2D eigenvalue weighted by molar-refractivity contribution is 0.0685. The van der Waals surface area contributed by atoms with Crippen LogP contribution >= 0.6 is 11.3 Å². The Balaban J connectivity index is 1.80. The number of nitrogens with one attached hydrogen (secondary N) is 2. The number of hydrogen-bond donors (Lipinski definition) is 4. The molecule has 1 saturated heterocycles. The number of hydrogen-bond acceptors (Lipinski definition) is 7. The van der Waals surface area contributed by atoms with Crippen LogP contribution in [-0.4, -0.2) is 73.5 Å². The van der Waals surface area contributed by atoms with E-state index in [1.165, 1.54) is 0 Å². The van der Waals surface area contributed by atoms with Crippen molar-refractivity contribution in [3.8, 4) is 10.4 Å². The van der Waals surface area contributed by atoms with Crippen molar-refractivity contribution < 1.29 is 24.0 Å². The molecule has 1 unspecified atom stereocenters. The molecule has 1 aromatic heterocycles. The molecule has 0 saturated carbocycles. The quantitative estimate of drug-likeness (QED) is 0.302. The van der Waals surface area contributed by atoms with E-state index in [1.54, 1.807) is 38.7 Å². The van der Waals surface area contributed by atoms with Crippen LogP contribution in [0.4, 0.5) is 0 Å². The van der Waals surface area contributed by atoms with E-state index in [1.807, 2.05) is 30.3 Å². The first-order valence-corrected chi connectivity index (χ1v) is 15.4. The number of likely N-dealkylation sites (tertiary alicyclic amines) is 1. The van der Waals surface area contributed by atoms with Crippen molar-refractivity contribution >= 4 is 44.9 Å². The third kappa shape index (κ3) is 6.95. The fourth-order valence-electron chi connectivity index (χ4n) is 4.45. The van der Waals surface area contributed by atoms with E-state index < -0.39 is 28.0 Å². The van der Waals surface area contributed by atoms with Gasteiger partial charge in [-0.1, -0.05) is 37.3 Å². The molecule has 2 amide bonds. The molecule has 40 heavy (non-hydrogen) atoms. The van der Waals surface area contributed by atoms with Crippen LogP contribution in [0.5, 0.6) is 0 Å². The molecule has 1 atom stereocenters. The number of aliphatic hydroxyl groups is 2. The van der Waals surface area contributed by atoms with Gasteiger partial charge in [0.1, 0.15) is 16.7 Å². The van der Waals surface area contributed by atoms with E-state index >= 15 is 0 Å². The van der Waals surface area contributed by atoms with Gasteiger partial charge in [-0.25, -0.2) is 13.9 Å². The minimum absolute atomic E-state index is 0.0364. The summed E-state index contributed by atoms with van der Waals surface area (Å²) < 4.78 is 16.3. The Labute approximate surface area is 241 Å². The van der Waals surface area contributed by atoms with E-state index in [2.05, 4.69) is 21.9 Å². The third-order valence-electron chi connectivity index (χ3n) is 6.87. The van der Waals surface area contributed by atoms with Gasteiger partial charge in [0.25, 0.3) is 11.8 Å². The second-order valence-corrected chi connectivity index (χ2v) is 13.9. The predicted octanol–water partition coefficient (Wildman–Crippen LogP) is 3.72. The summed E-state index contributed by atoms with van der Waals surface area (Å²) in [7, 11) is -1.61. The molecule has 0 aliphatic carbocycles. The van der Waals surface area contributed by atoms with Gasteiger partial charge < -0.3 is 20.4 Å². The number of piperidine rings is 1. The fourth-order valence-corrected chi connectivity index (χ4v) is 6.71. The van der Waals surface area contributed by atoms with Gasteiger partial charge in [-0.2, -0.15) is 0 Å². The molecule has 2 aromatic carbocycles. The number of thiazole rings is 1. The number of amides is 2. The first-order chi connectivity index (χ1) is 18.8. The molecule has 216 valence electrons. The third-order valence-corrected chi connectivity index (χ3v) is 9.45. The monoisotopic (exact) mass is 586 g/mol. The van der Waals surface area contributed by atoms with E-state index in [4.69, 9.17) is 0 Å². The van der Waals surface area contributed by atoms with Crippen LogP contribution < -0.4 is 10.0 Å². The average molecular weight is 587 g/mol. The Hall–Kier alpha value is -2.70. The van der Waals surface area contributed by atoms with Crippen molar-refractivity contribution in [2.24, 2.45) is 5.92 Å². The number of carbonyl (C=O) groups excluding carboxylic acids is 2. The normalized spacial score (nSPS) is 15.8. The maximum Gasteiger partial charge on any atom is 0.280 e. The topological polar surface area (TPSA) is 132 Å². The van der Waals surface area contributed by atoms with Crippen LogP contribution in [-0.2, 0) is 11.0 Å². The molecule has 0 bridgehead atoms. The van der Waals surface area contributed by atoms with Gasteiger partial charge in [0.2, 0.25) is 0 Å². The average Bonchev–Trinajstić information content (AvgIpc) is 3.36. The van der Waals surface area contributed by atoms with Crippen LogP contribution in [0.2, 0.25) is 0 Å². The molecule has 0 radical (unpaired) electrons. The molecule has 4 rings (SSSR count). The lowest BCUT2D eigenvalue weighted by atomic mass is 9.98. The minimum Gasteiger partial charge on any atom is -0.394 e. The Bertz CT molecular complexity index is 1420. The molecule has 1 fully saturated rings. The van der Waals surface area contributed by atoms with Gasteiger partial charge in [0.15, 0.2) is 5.01 Å². The lowest BCUT2D eigenvalue weighted by Crippen LogP contribution is -2.43. The van der Waals surface area contributed by atoms with Crippen LogP contribution in [0.15, 0.2) is 41.3 Å². The largest absolute Gasteiger partial charge is 0.394 e. The second-order valence-electron chi connectivity index (χ2n) is 11.7. The van der Waals surface area contributed by atoms with Crippen molar-refractivity contribution in [2.75, 3.05) is 26.2 Å². The van der Waals surface area contributed by atoms with Crippen LogP contribution in [0.1, 0.15) is 67.8 Å². The van der Waals surface area contributed by atoms with Crippen molar-refractivity contribution in [1.29, 1.82) is 0 Å². The van der Waals surface area contributed by atoms with E-state index in [0.717, 1.165) is 35.0 Å². The van der Waals surface area contributed by atoms with Gasteiger partial charge in [0.05, 0.1) is 22.0 Å². The summed E-state index contributed by atoms with van der Waals surface area (Å²) in [6.45, 7) is 10.0. The molecule has 11 heteroatoms. The SMILES string of the molecule is CC1CCN(C(=O)c2nc(C(=O)NCC(C)(C)O)sc2-c2ccc(S(=O)NC(C)(C)CO)c3ccccc23)CC1. The predicted molar refractivity (Wildman–Crippen MR) is 159 cm³/mol. The smallest absolute Gasteiger partial charge is 0.280 e. The lowest BCUT2D eigenvalue weighted by Gasteiger charge is -2.30. The highest BCUT2D eigenvalue weighted by Crippen LogP contribution is 2.38. The Morgan fingerprint density at radius 1 is 1.10 bits per heavy atom. The summed E-state index contributed by atoms with van der Waals surface area (Å²) in [5.74, 6) is -0.135.